The minimum atomic E-state index is -2.82. The topological polar surface area (TPSA) is 20.3 Å². The maximum Gasteiger partial charge on any atom is 0.265 e. The van der Waals surface area contributed by atoms with Crippen LogP contribution in [0, 0.1) is 9.39 Å². The molecule has 0 N–H and O–H groups in total. The van der Waals surface area contributed by atoms with E-state index < -0.39 is 24.2 Å². The van der Waals surface area contributed by atoms with Crippen molar-refractivity contribution in [1.82, 2.24) is 4.90 Å². The molecule has 1 aromatic carbocycles. The van der Waals surface area contributed by atoms with E-state index in [4.69, 9.17) is 0 Å². The number of carbonyl (C=O) groups excluding carboxylic acids is 1. The molecule has 2 rings (SSSR count). The molecule has 0 aliphatic carbocycles. The van der Waals surface area contributed by atoms with Gasteiger partial charge in [0.25, 0.3) is 11.8 Å². The number of halogens is 4. The standard InChI is InChI=1S/C12H11F3INO/c13-8-2-3-9(10(16)6-8)11(18)17-5-1-4-12(14,15)7-17/h2-3,6H,1,4-5,7H2. The molecule has 1 aliphatic rings. The normalized spacial score (nSPS) is 18.8. The van der Waals surface area contributed by atoms with E-state index in [9.17, 15) is 18.0 Å². The Kier molecular flexibility index (Phi) is 3.84. The largest absolute Gasteiger partial charge is 0.333 e. The molecule has 6 heteroatoms. The lowest BCUT2D eigenvalue weighted by Crippen LogP contribution is -2.45. The Balaban J connectivity index is 2.20. The van der Waals surface area contributed by atoms with Crippen LogP contribution in [-0.4, -0.2) is 29.8 Å². The van der Waals surface area contributed by atoms with Crippen molar-refractivity contribution in [2.45, 2.75) is 18.8 Å². The number of carbonyl (C=O) groups is 1. The second-order valence-electron chi connectivity index (χ2n) is 4.31. The first kappa shape index (κ1) is 13.6. The number of rotatable bonds is 1. The minimum absolute atomic E-state index is 0.183. The first-order valence-electron chi connectivity index (χ1n) is 5.51. The first-order valence-corrected chi connectivity index (χ1v) is 6.59. The molecule has 1 heterocycles. The van der Waals surface area contributed by atoms with Gasteiger partial charge in [-0.1, -0.05) is 0 Å². The molecule has 1 aliphatic heterocycles. The Hall–Kier alpha value is -0.790. The van der Waals surface area contributed by atoms with Crippen LogP contribution >= 0.6 is 22.6 Å². The zero-order chi connectivity index (χ0) is 13.3. The van der Waals surface area contributed by atoms with Gasteiger partial charge in [0.2, 0.25) is 0 Å². The molecule has 1 aromatic rings. The number of amides is 1. The van der Waals surface area contributed by atoms with Gasteiger partial charge in [-0.3, -0.25) is 4.79 Å². The van der Waals surface area contributed by atoms with Crippen molar-refractivity contribution < 1.29 is 18.0 Å². The average molecular weight is 369 g/mol. The monoisotopic (exact) mass is 369 g/mol. The van der Waals surface area contributed by atoms with Gasteiger partial charge in [0, 0.05) is 16.5 Å². The fourth-order valence-corrected chi connectivity index (χ4v) is 2.68. The van der Waals surface area contributed by atoms with E-state index >= 15 is 0 Å². The molecule has 0 spiro atoms. The lowest BCUT2D eigenvalue weighted by atomic mass is 10.1. The van der Waals surface area contributed by atoms with Crippen molar-refractivity contribution in [3.05, 3.63) is 33.1 Å². The van der Waals surface area contributed by atoms with E-state index in [-0.39, 0.29) is 18.4 Å². The minimum Gasteiger partial charge on any atom is -0.333 e. The summed E-state index contributed by atoms with van der Waals surface area (Å²) in [7, 11) is 0. The van der Waals surface area contributed by atoms with Gasteiger partial charge in [-0.15, -0.1) is 0 Å². The Morgan fingerprint density at radius 1 is 1.39 bits per heavy atom. The Bertz CT molecular complexity index is 478. The molecule has 0 radical (unpaired) electrons. The van der Waals surface area contributed by atoms with E-state index in [1.54, 1.807) is 0 Å². The molecule has 98 valence electrons. The molecule has 0 bridgehead atoms. The smallest absolute Gasteiger partial charge is 0.265 e. The summed E-state index contributed by atoms with van der Waals surface area (Å²) in [5.74, 6) is -3.72. The molecule has 0 aromatic heterocycles. The van der Waals surface area contributed by atoms with Gasteiger partial charge in [0.1, 0.15) is 5.82 Å². The summed E-state index contributed by atoms with van der Waals surface area (Å²) in [6, 6.07) is 3.72. The number of alkyl halides is 2. The highest BCUT2D eigenvalue weighted by Gasteiger charge is 2.37. The van der Waals surface area contributed by atoms with Crippen molar-refractivity contribution in [2.24, 2.45) is 0 Å². The molecule has 0 saturated carbocycles. The van der Waals surface area contributed by atoms with Crippen molar-refractivity contribution in [3.63, 3.8) is 0 Å². The summed E-state index contributed by atoms with van der Waals surface area (Å²) in [5.41, 5.74) is 0.273. The van der Waals surface area contributed by atoms with Gasteiger partial charge in [0.05, 0.1) is 12.1 Å². The summed E-state index contributed by atoms with van der Waals surface area (Å²) in [4.78, 5) is 13.2. The fourth-order valence-electron chi connectivity index (χ4n) is 1.97. The second kappa shape index (κ2) is 5.07. The van der Waals surface area contributed by atoms with Gasteiger partial charge in [0.15, 0.2) is 0 Å². The number of likely N-dealkylation sites (tertiary alicyclic amines) is 1. The van der Waals surface area contributed by atoms with Crippen molar-refractivity contribution >= 4 is 28.5 Å². The molecular weight excluding hydrogens is 358 g/mol. The van der Waals surface area contributed by atoms with Gasteiger partial charge < -0.3 is 4.90 Å². The van der Waals surface area contributed by atoms with Crippen molar-refractivity contribution in [2.75, 3.05) is 13.1 Å². The Morgan fingerprint density at radius 2 is 2.11 bits per heavy atom. The van der Waals surface area contributed by atoms with Gasteiger partial charge in [-0.05, 0) is 47.2 Å². The third-order valence-corrected chi connectivity index (χ3v) is 3.73. The Morgan fingerprint density at radius 3 is 2.72 bits per heavy atom. The zero-order valence-corrected chi connectivity index (χ0v) is 11.6. The van der Waals surface area contributed by atoms with E-state index in [2.05, 4.69) is 0 Å². The summed E-state index contributed by atoms with van der Waals surface area (Å²) in [5, 5.41) is 0. The number of nitrogens with zero attached hydrogens (tertiary/aromatic N) is 1. The summed E-state index contributed by atoms with van der Waals surface area (Å²) in [6.45, 7) is -0.235. The predicted octanol–water partition coefficient (Wildman–Crippen LogP) is 3.30. The van der Waals surface area contributed by atoms with Crippen molar-refractivity contribution in [3.8, 4) is 0 Å². The third-order valence-electron chi connectivity index (χ3n) is 2.84. The fraction of sp³-hybridized carbons (Fsp3) is 0.417. The molecule has 1 saturated heterocycles. The summed E-state index contributed by atoms with van der Waals surface area (Å²) < 4.78 is 39.8. The highest BCUT2D eigenvalue weighted by atomic mass is 127. The van der Waals surface area contributed by atoms with Crippen LogP contribution in [0.2, 0.25) is 0 Å². The molecular formula is C12H11F3INO. The van der Waals surface area contributed by atoms with Crippen LogP contribution in [0.4, 0.5) is 13.2 Å². The summed E-state index contributed by atoms with van der Waals surface area (Å²) in [6.07, 6.45) is 0.105. The SMILES string of the molecule is O=C(c1ccc(F)cc1I)N1CCCC(F)(F)C1. The number of hydrogen-bond donors (Lipinski definition) is 0. The number of hydrogen-bond acceptors (Lipinski definition) is 1. The van der Waals surface area contributed by atoms with Crippen LogP contribution in [0.5, 0.6) is 0 Å². The second-order valence-corrected chi connectivity index (χ2v) is 5.47. The van der Waals surface area contributed by atoms with E-state index in [1.807, 2.05) is 22.6 Å². The van der Waals surface area contributed by atoms with Crippen LogP contribution in [0.3, 0.4) is 0 Å². The molecule has 2 nitrogen and oxygen atoms in total. The van der Waals surface area contributed by atoms with Gasteiger partial charge in [-0.2, -0.15) is 0 Å². The lowest BCUT2D eigenvalue weighted by Gasteiger charge is -2.32. The molecule has 0 unspecified atom stereocenters. The molecule has 18 heavy (non-hydrogen) atoms. The Labute approximate surface area is 116 Å². The molecule has 1 amide bonds. The van der Waals surface area contributed by atoms with E-state index in [0.717, 1.165) is 11.0 Å². The maximum atomic E-state index is 13.2. The first-order chi connectivity index (χ1) is 8.39. The number of piperidine rings is 1. The van der Waals surface area contributed by atoms with Crippen LogP contribution < -0.4 is 0 Å². The van der Waals surface area contributed by atoms with Crippen LogP contribution in [0.25, 0.3) is 0 Å². The van der Waals surface area contributed by atoms with Gasteiger partial charge >= 0.3 is 0 Å². The van der Waals surface area contributed by atoms with Gasteiger partial charge in [-0.25, -0.2) is 13.2 Å². The van der Waals surface area contributed by atoms with E-state index in [1.165, 1.54) is 12.1 Å². The van der Waals surface area contributed by atoms with E-state index in [0.29, 0.717) is 10.1 Å². The quantitative estimate of drug-likeness (QED) is 0.696. The number of benzene rings is 1. The highest BCUT2D eigenvalue weighted by Crippen LogP contribution is 2.28. The maximum absolute atomic E-state index is 13.2. The predicted molar refractivity (Wildman–Crippen MR) is 69.2 cm³/mol. The van der Waals surface area contributed by atoms with Crippen LogP contribution in [0.15, 0.2) is 18.2 Å². The zero-order valence-electron chi connectivity index (χ0n) is 9.43. The van der Waals surface area contributed by atoms with Crippen molar-refractivity contribution in [1.29, 1.82) is 0 Å². The molecule has 0 atom stereocenters. The average Bonchev–Trinajstić information content (AvgIpc) is 2.27. The van der Waals surface area contributed by atoms with Crippen LogP contribution in [0.1, 0.15) is 23.2 Å². The third kappa shape index (κ3) is 2.96. The summed E-state index contributed by atoms with van der Waals surface area (Å²) >= 11 is 1.83. The van der Waals surface area contributed by atoms with Crippen LogP contribution in [-0.2, 0) is 0 Å². The molecule has 1 fully saturated rings. The highest BCUT2D eigenvalue weighted by molar-refractivity contribution is 14.1. The lowest BCUT2D eigenvalue weighted by molar-refractivity contribution is -0.0560.